The lowest BCUT2D eigenvalue weighted by atomic mass is 10.2. The van der Waals surface area contributed by atoms with Gasteiger partial charge in [0.05, 0.1) is 5.56 Å². The van der Waals surface area contributed by atoms with Crippen molar-refractivity contribution in [3.8, 4) is 0 Å². The van der Waals surface area contributed by atoms with Crippen molar-refractivity contribution in [3.63, 3.8) is 0 Å². The summed E-state index contributed by atoms with van der Waals surface area (Å²) >= 11 is 0. The van der Waals surface area contributed by atoms with Crippen LogP contribution < -0.4 is 4.72 Å². The standard InChI is InChI=1S/C13H8F3N3O3S/c14-13(15,16)8-4-6-9(7-5-8)19-23(20,21)11-3-1-2-10-12(11)18-22-17-10/h1-7,19H. The second-order valence-electron chi connectivity index (χ2n) is 4.57. The number of anilines is 1. The van der Waals surface area contributed by atoms with E-state index in [0.717, 1.165) is 24.3 Å². The van der Waals surface area contributed by atoms with Crippen molar-refractivity contribution in [2.24, 2.45) is 0 Å². The first-order valence-electron chi connectivity index (χ1n) is 6.19. The first-order valence-corrected chi connectivity index (χ1v) is 7.67. The highest BCUT2D eigenvalue weighted by atomic mass is 32.2. The van der Waals surface area contributed by atoms with Crippen molar-refractivity contribution >= 4 is 26.7 Å². The number of fused-ring (bicyclic) bond motifs is 1. The van der Waals surface area contributed by atoms with Gasteiger partial charge in [-0.1, -0.05) is 6.07 Å². The number of rotatable bonds is 3. The Morgan fingerprint density at radius 3 is 2.35 bits per heavy atom. The lowest BCUT2D eigenvalue weighted by molar-refractivity contribution is -0.137. The molecule has 10 heteroatoms. The number of sulfonamides is 1. The number of aromatic nitrogens is 2. The van der Waals surface area contributed by atoms with Gasteiger partial charge in [-0.05, 0) is 46.7 Å². The van der Waals surface area contributed by atoms with Crippen LogP contribution in [0.4, 0.5) is 18.9 Å². The number of nitrogens with zero attached hydrogens (tertiary/aromatic N) is 2. The lowest BCUT2D eigenvalue weighted by Crippen LogP contribution is -2.14. The highest BCUT2D eigenvalue weighted by molar-refractivity contribution is 7.93. The van der Waals surface area contributed by atoms with E-state index in [4.69, 9.17) is 0 Å². The summed E-state index contributed by atoms with van der Waals surface area (Å²) < 4.78 is 68.9. The fourth-order valence-corrected chi connectivity index (χ4v) is 3.15. The summed E-state index contributed by atoms with van der Waals surface area (Å²) in [5, 5.41) is 7.05. The van der Waals surface area contributed by atoms with Crippen LogP contribution in [0.15, 0.2) is 52.0 Å². The molecule has 0 fully saturated rings. The SMILES string of the molecule is O=S(=O)(Nc1ccc(C(F)(F)F)cc1)c1cccc2nonc12. The van der Waals surface area contributed by atoms with Gasteiger partial charge >= 0.3 is 6.18 Å². The third-order valence-corrected chi connectivity index (χ3v) is 4.42. The molecule has 0 amide bonds. The van der Waals surface area contributed by atoms with E-state index in [1.807, 2.05) is 0 Å². The molecule has 1 heterocycles. The molecular weight excluding hydrogens is 335 g/mol. The van der Waals surface area contributed by atoms with Crippen molar-refractivity contribution in [1.29, 1.82) is 0 Å². The molecule has 0 radical (unpaired) electrons. The molecule has 0 atom stereocenters. The number of halogens is 3. The summed E-state index contributed by atoms with van der Waals surface area (Å²) in [5.74, 6) is 0. The van der Waals surface area contributed by atoms with Gasteiger partial charge in [0.2, 0.25) is 0 Å². The molecular formula is C13H8F3N3O3S. The molecule has 0 aliphatic rings. The number of nitrogens with one attached hydrogen (secondary N) is 1. The molecule has 0 spiro atoms. The molecule has 3 aromatic rings. The summed E-state index contributed by atoms with van der Waals surface area (Å²) in [5.41, 5.74) is -0.595. The molecule has 23 heavy (non-hydrogen) atoms. The smallest absolute Gasteiger partial charge is 0.280 e. The molecule has 2 aromatic carbocycles. The molecule has 1 N–H and O–H groups in total. The second-order valence-corrected chi connectivity index (χ2v) is 6.22. The van der Waals surface area contributed by atoms with E-state index in [2.05, 4.69) is 19.7 Å². The van der Waals surface area contributed by atoms with Crippen molar-refractivity contribution in [2.75, 3.05) is 4.72 Å². The Balaban J connectivity index is 1.94. The zero-order valence-electron chi connectivity index (χ0n) is 11.2. The van der Waals surface area contributed by atoms with Crippen LogP contribution in [0.2, 0.25) is 0 Å². The van der Waals surface area contributed by atoms with Crippen LogP contribution in [0.5, 0.6) is 0 Å². The molecule has 0 saturated heterocycles. The van der Waals surface area contributed by atoms with Gasteiger partial charge in [-0.3, -0.25) is 4.72 Å². The van der Waals surface area contributed by atoms with Crippen LogP contribution in [-0.4, -0.2) is 18.7 Å². The van der Waals surface area contributed by atoms with Crippen LogP contribution >= 0.6 is 0 Å². The maximum atomic E-state index is 12.5. The predicted molar refractivity (Wildman–Crippen MR) is 74.1 cm³/mol. The molecule has 1 aromatic heterocycles. The average molecular weight is 343 g/mol. The summed E-state index contributed by atoms with van der Waals surface area (Å²) in [7, 11) is -4.05. The highest BCUT2D eigenvalue weighted by Gasteiger charge is 2.30. The van der Waals surface area contributed by atoms with Crippen molar-refractivity contribution in [3.05, 3.63) is 48.0 Å². The van der Waals surface area contributed by atoms with Crippen molar-refractivity contribution in [1.82, 2.24) is 10.3 Å². The molecule has 0 unspecified atom stereocenters. The Kier molecular flexibility index (Phi) is 3.48. The van der Waals surface area contributed by atoms with E-state index < -0.39 is 21.8 Å². The molecule has 3 rings (SSSR count). The Morgan fingerprint density at radius 2 is 1.70 bits per heavy atom. The average Bonchev–Trinajstić information content (AvgIpc) is 2.94. The molecule has 0 aliphatic heterocycles. The van der Waals surface area contributed by atoms with E-state index in [0.29, 0.717) is 0 Å². The third-order valence-electron chi connectivity index (χ3n) is 3.00. The first-order chi connectivity index (χ1) is 10.8. The van der Waals surface area contributed by atoms with E-state index in [1.54, 1.807) is 0 Å². The topological polar surface area (TPSA) is 85.1 Å². The third kappa shape index (κ3) is 2.97. The monoisotopic (exact) mass is 343 g/mol. The fraction of sp³-hybridized carbons (Fsp3) is 0.0769. The number of hydrogen-bond acceptors (Lipinski definition) is 5. The fourth-order valence-electron chi connectivity index (χ4n) is 1.94. The minimum absolute atomic E-state index is 0.00791. The molecule has 0 bridgehead atoms. The Bertz CT molecular complexity index is 950. The molecule has 0 aliphatic carbocycles. The van der Waals surface area contributed by atoms with Gasteiger partial charge in [0.25, 0.3) is 10.0 Å². The van der Waals surface area contributed by atoms with Crippen LogP contribution in [0.25, 0.3) is 11.0 Å². The predicted octanol–water partition coefficient (Wildman–Crippen LogP) is 3.04. The Hall–Kier alpha value is -2.62. The zero-order chi connectivity index (χ0) is 16.7. The largest absolute Gasteiger partial charge is 0.416 e. The van der Waals surface area contributed by atoms with Crippen LogP contribution in [0.1, 0.15) is 5.56 Å². The van der Waals surface area contributed by atoms with E-state index in [1.165, 1.54) is 18.2 Å². The van der Waals surface area contributed by atoms with Gasteiger partial charge in [0.15, 0.2) is 5.52 Å². The van der Waals surface area contributed by atoms with Crippen molar-refractivity contribution in [2.45, 2.75) is 11.1 Å². The maximum absolute atomic E-state index is 12.5. The Labute approximate surface area is 127 Å². The van der Waals surface area contributed by atoms with Gasteiger partial charge in [-0.15, -0.1) is 0 Å². The van der Waals surface area contributed by atoms with E-state index in [9.17, 15) is 21.6 Å². The Morgan fingerprint density at radius 1 is 1.00 bits per heavy atom. The summed E-state index contributed by atoms with van der Waals surface area (Å²) in [6.07, 6.45) is -4.49. The van der Waals surface area contributed by atoms with Gasteiger partial charge in [-0.2, -0.15) is 13.2 Å². The molecule has 0 saturated carbocycles. The quantitative estimate of drug-likeness (QED) is 0.790. The molecule has 6 nitrogen and oxygen atoms in total. The number of alkyl halides is 3. The van der Waals surface area contributed by atoms with Crippen molar-refractivity contribution < 1.29 is 26.2 Å². The van der Waals surface area contributed by atoms with E-state index >= 15 is 0 Å². The minimum atomic E-state index is -4.49. The van der Waals surface area contributed by atoms with Gasteiger partial charge in [0.1, 0.15) is 10.4 Å². The first kappa shape index (κ1) is 15.3. The summed E-state index contributed by atoms with van der Waals surface area (Å²) in [4.78, 5) is -0.184. The maximum Gasteiger partial charge on any atom is 0.416 e. The van der Waals surface area contributed by atoms with Gasteiger partial charge in [0, 0.05) is 5.69 Å². The zero-order valence-corrected chi connectivity index (χ0v) is 12.0. The second kappa shape index (κ2) is 5.23. The van der Waals surface area contributed by atoms with Crippen LogP contribution in [0, 0.1) is 0 Å². The van der Waals surface area contributed by atoms with Gasteiger partial charge < -0.3 is 0 Å². The minimum Gasteiger partial charge on any atom is -0.280 e. The number of benzene rings is 2. The normalized spacial score (nSPS) is 12.5. The van der Waals surface area contributed by atoms with Crippen LogP contribution in [-0.2, 0) is 16.2 Å². The van der Waals surface area contributed by atoms with Gasteiger partial charge in [-0.25, -0.2) is 13.0 Å². The summed E-state index contributed by atoms with van der Waals surface area (Å²) in [6, 6.07) is 7.89. The highest BCUT2D eigenvalue weighted by Crippen LogP contribution is 2.30. The van der Waals surface area contributed by atoms with Crippen LogP contribution in [0.3, 0.4) is 0 Å². The number of hydrogen-bond donors (Lipinski definition) is 1. The van der Waals surface area contributed by atoms with E-state index in [-0.39, 0.29) is 21.6 Å². The molecule has 120 valence electrons. The summed E-state index contributed by atoms with van der Waals surface area (Å²) in [6.45, 7) is 0. The lowest BCUT2D eigenvalue weighted by Gasteiger charge is -2.10.